The van der Waals surface area contributed by atoms with Crippen LogP contribution in [-0.2, 0) is 9.53 Å². The van der Waals surface area contributed by atoms with Gasteiger partial charge in [0.1, 0.15) is 5.25 Å². The molecule has 1 N–H and O–H groups in total. The Bertz CT molecular complexity index is 150. The van der Waals surface area contributed by atoms with Crippen LogP contribution in [0.4, 0.5) is 0 Å². The SMILES string of the molecule is CCC(SC(C)CCOC)C(=O)O. The summed E-state index contributed by atoms with van der Waals surface area (Å²) in [5, 5.41) is 8.87. The molecule has 0 aromatic heterocycles. The van der Waals surface area contributed by atoms with Gasteiger partial charge < -0.3 is 9.84 Å². The summed E-state index contributed by atoms with van der Waals surface area (Å²) in [4.78, 5) is 10.7. The van der Waals surface area contributed by atoms with Gasteiger partial charge in [0.15, 0.2) is 0 Å². The highest BCUT2D eigenvalue weighted by Crippen LogP contribution is 2.22. The zero-order chi connectivity index (χ0) is 10.3. The molecule has 0 aliphatic rings. The fraction of sp³-hybridized carbons (Fsp3) is 0.889. The van der Waals surface area contributed by atoms with Crippen LogP contribution in [0.2, 0.25) is 0 Å². The summed E-state index contributed by atoms with van der Waals surface area (Å²) in [6.45, 7) is 4.63. The zero-order valence-electron chi connectivity index (χ0n) is 8.45. The summed E-state index contributed by atoms with van der Waals surface area (Å²) in [7, 11) is 1.66. The summed E-state index contributed by atoms with van der Waals surface area (Å²) in [5.41, 5.74) is 0. The third-order valence-electron chi connectivity index (χ3n) is 1.77. The summed E-state index contributed by atoms with van der Waals surface area (Å²) in [5.74, 6) is -0.711. The Morgan fingerprint density at radius 1 is 1.62 bits per heavy atom. The molecule has 13 heavy (non-hydrogen) atoms. The van der Waals surface area contributed by atoms with E-state index in [9.17, 15) is 4.79 Å². The third kappa shape index (κ3) is 5.93. The van der Waals surface area contributed by atoms with Crippen molar-refractivity contribution in [3.05, 3.63) is 0 Å². The fourth-order valence-electron chi connectivity index (χ4n) is 0.961. The lowest BCUT2D eigenvalue weighted by molar-refractivity contribution is -0.136. The van der Waals surface area contributed by atoms with Gasteiger partial charge >= 0.3 is 5.97 Å². The maximum absolute atomic E-state index is 10.7. The largest absolute Gasteiger partial charge is 0.480 e. The summed E-state index contributed by atoms with van der Waals surface area (Å²) in [6.07, 6.45) is 1.59. The lowest BCUT2D eigenvalue weighted by atomic mass is 10.3. The molecule has 0 fully saturated rings. The Morgan fingerprint density at radius 2 is 2.23 bits per heavy atom. The van der Waals surface area contributed by atoms with Gasteiger partial charge in [-0.25, -0.2) is 0 Å². The Hall–Kier alpha value is -0.220. The number of aliphatic carboxylic acids is 1. The summed E-state index contributed by atoms with van der Waals surface area (Å²) >= 11 is 1.51. The van der Waals surface area contributed by atoms with Crippen LogP contribution in [0, 0.1) is 0 Å². The van der Waals surface area contributed by atoms with Crippen molar-refractivity contribution in [2.75, 3.05) is 13.7 Å². The van der Waals surface area contributed by atoms with Crippen LogP contribution in [-0.4, -0.2) is 35.3 Å². The Balaban J connectivity index is 3.73. The molecule has 0 aromatic rings. The van der Waals surface area contributed by atoms with Crippen LogP contribution in [0.5, 0.6) is 0 Å². The van der Waals surface area contributed by atoms with Crippen LogP contribution < -0.4 is 0 Å². The number of rotatable bonds is 7. The van der Waals surface area contributed by atoms with E-state index in [-0.39, 0.29) is 5.25 Å². The van der Waals surface area contributed by atoms with Gasteiger partial charge in [-0.3, -0.25) is 4.79 Å². The monoisotopic (exact) mass is 206 g/mol. The molecule has 0 saturated carbocycles. The number of carboxylic acids is 1. The quantitative estimate of drug-likeness (QED) is 0.692. The van der Waals surface area contributed by atoms with E-state index in [0.29, 0.717) is 18.3 Å². The lowest BCUT2D eigenvalue weighted by Crippen LogP contribution is -2.18. The number of carbonyl (C=O) groups is 1. The van der Waals surface area contributed by atoms with E-state index in [2.05, 4.69) is 0 Å². The molecule has 0 heterocycles. The summed E-state index contributed by atoms with van der Waals surface area (Å²) in [6, 6.07) is 0. The van der Waals surface area contributed by atoms with Crippen LogP contribution >= 0.6 is 11.8 Å². The fourth-order valence-corrected chi connectivity index (χ4v) is 2.06. The first-order chi connectivity index (χ1) is 6.11. The first-order valence-electron chi connectivity index (χ1n) is 4.49. The molecule has 4 heteroatoms. The molecule has 0 aromatic carbocycles. The molecule has 0 radical (unpaired) electrons. The number of carboxylic acid groups (broad SMARTS) is 1. The van der Waals surface area contributed by atoms with Crippen molar-refractivity contribution in [1.29, 1.82) is 0 Å². The van der Waals surface area contributed by atoms with Gasteiger partial charge in [-0.15, -0.1) is 11.8 Å². The first kappa shape index (κ1) is 12.8. The number of hydrogen-bond acceptors (Lipinski definition) is 3. The van der Waals surface area contributed by atoms with Crippen molar-refractivity contribution in [2.45, 2.75) is 37.2 Å². The Labute approximate surface area is 83.9 Å². The molecule has 0 aliphatic carbocycles. The second-order valence-corrected chi connectivity index (χ2v) is 4.61. The predicted octanol–water partition coefficient (Wildman–Crippen LogP) is 2.01. The van der Waals surface area contributed by atoms with E-state index in [1.165, 1.54) is 11.8 Å². The van der Waals surface area contributed by atoms with Gasteiger partial charge in [-0.1, -0.05) is 13.8 Å². The van der Waals surface area contributed by atoms with Crippen molar-refractivity contribution in [1.82, 2.24) is 0 Å². The lowest BCUT2D eigenvalue weighted by Gasteiger charge is -2.15. The van der Waals surface area contributed by atoms with E-state index in [1.54, 1.807) is 7.11 Å². The molecule has 78 valence electrons. The molecule has 0 spiro atoms. The molecule has 0 rings (SSSR count). The van der Waals surface area contributed by atoms with E-state index >= 15 is 0 Å². The minimum absolute atomic E-state index is 0.271. The Kier molecular flexibility index (Phi) is 7.09. The number of methoxy groups -OCH3 is 1. The molecular weight excluding hydrogens is 188 g/mol. The highest BCUT2D eigenvalue weighted by Gasteiger charge is 2.18. The molecule has 0 saturated heterocycles. The maximum Gasteiger partial charge on any atom is 0.316 e. The van der Waals surface area contributed by atoms with Gasteiger partial charge in [-0.05, 0) is 12.8 Å². The van der Waals surface area contributed by atoms with E-state index < -0.39 is 5.97 Å². The smallest absolute Gasteiger partial charge is 0.316 e. The number of hydrogen-bond donors (Lipinski definition) is 1. The standard InChI is InChI=1S/C9H18O3S/c1-4-8(9(10)11)13-7(2)5-6-12-3/h7-8H,4-6H2,1-3H3,(H,10,11). The molecule has 2 unspecified atom stereocenters. The van der Waals surface area contributed by atoms with Crippen molar-refractivity contribution in [3.63, 3.8) is 0 Å². The molecule has 0 aliphatic heterocycles. The van der Waals surface area contributed by atoms with Gasteiger partial charge in [0, 0.05) is 19.0 Å². The van der Waals surface area contributed by atoms with Gasteiger partial charge in [0.25, 0.3) is 0 Å². The molecule has 3 nitrogen and oxygen atoms in total. The van der Waals surface area contributed by atoms with Gasteiger partial charge in [0.05, 0.1) is 0 Å². The van der Waals surface area contributed by atoms with Crippen LogP contribution in [0.1, 0.15) is 26.7 Å². The van der Waals surface area contributed by atoms with Crippen molar-refractivity contribution in [2.24, 2.45) is 0 Å². The second-order valence-electron chi connectivity index (χ2n) is 2.96. The van der Waals surface area contributed by atoms with Crippen molar-refractivity contribution < 1.29 is 14.6 Å². The third-order valence-corrected chi connectivity index (χ3v) is 3.34. The highest BCUT2D eigenvalue weighted by atomic mass is 32.2. The normalized spacial score (nSPS) is 15.3. The predicted molar refractivity (Wildman–Crippen MR) is 55.3 cm³/mol. The van der Waals surface area contributed by atoms with Crippen LogP contribution in [0.15, 0.2) is 0 Å². The zero-order valence-corrected chi connectivity index (χ0v) is 9.26. The Morgan fingerprint density at radius 3 is 2.62 bits per heavy atom. The van der Waals surface area contributed by atoms with Crippen LogP contribution in [0.3, 0.4) is 0 Å². The van der Waals surface area contributed by atoms with E-state index in [1.807, 2.05) is 13.8 Å². The minimum Gasteiger partial charge on any atom is -0.480 e. The average Bonchev–Trinajstić information content (AvgIpc) is 2.10. The van der Waals surface area contributed by atoms with Crippen LogP contribution in [0.25, 0.3) is 0 Å². The minimum atomic E-state index is -0.711. The van der Waals surface area contributed by atoms with Gasteiger partial charge in [0.2, 0.25) is 0 Å². The van der Waals surface area contributed by atoms with Crippen molar-refractivity contribution >= 4 is 17.7 Å². The van der Waals surface area contributed by atoms with E-state index in [0.717, 1.165) is 6.42 Å². The first-order valence-corrected chi connectivity index (χ1v) is 5.43. The molecular formula is C9H18O3S. The average molecular weight is 206 g/mol. The van der Waals surface area contributed by atoms with Crippen molar-refractivity contribution in [3.8, 4) is 0 Å². The molecule has 0 bridgehead atoms. The topological polar surface area (TPSA) is 46.5 Å². The summed E-state index contributed by atoms with van der Waals surface area (Å²) < 4.78 is 4.93. The molecule has 0 amide bonds. The highest BCUT2D eigenvalue weighted by molar-refractivity contribution is 8.01. The van der Waals surface area contributed by atoms with Gasteiger partial charge in [-0.2, -0.15) is 0 Å². The number of ether oxygens (including phenoxy) is 1. The second kappa shape index (κ2) is 7.21. The van der Waals surface area contributed by atoms with E-state index in [4.69, 9.17) is 9.84 Å². The maximum atomic E-state index is 10.7. The number of thioether (sulfide) groups is 1. The molecule has 2 atom stereocenters.